The number of hydrogen-bond acceptors (Lipinski definition) is 3. The molecule has 5 heteroatoms. The summed E-state index contributed by atoms with van der Waals surface area (Å²) >= 11 is 5.40. The highest BCUT2D eigenvalue weighted by Crippen LogP contribution is 2.26. The molecule has 0 aliphatic carbocycles. The van der Waals surface area contributed by atoms with E-state index in [1.807, 2.05) is 42.2 Å². The zero-order valence-corrected chi connectivity index (χ0v) is 13.7. The van der Waals surface area contributed by atoms with Gasteiger partial charge in [-0.3, -0.25) is 10.1 Å². The van der Waals surface area contributed by atoms with E-state index in [9.17, 15) is 4.79 Å². The maximum atomic E-state index is 12.0. The van der Waals surface area contributed by atoms with Crippen LogP contribution in [0.25, 0.3) is 6.08 Å². The zero-order chi connectivity index (χ0) is 16.2. The number of hydrogen-bond donors (Lipinski definition) is 1. The molecule has 1 aliphatic heterocycles. The summed E-state index contributed by atoms with van der Waals surface area (Å²) in [4.78, 5) is 14.0. The lowest BCUT2D eigenvalue weighted by molar-refractivity contribution is -0.115. The molecule has 3 rings (SSSR count). The highest BCUT2D eigenvalue weighted by molar-refractivity contribution is 7.80. The van der Waals surface area contributed by atoms with Crippen LogP contribution in [0.1, 0.15) is 23.5 Å². The molecule has 23 heavy (non-hydrogen) atoms. The molecule has 0 saturated heterocycles. The van der Waals surface area contributed by atoms with E-state index in [-0.39, 0.29) is 5.91 Å². The second-order valence-electron chi connectivity index (χ2n) is 5.46. The van der Waals surface area contributed by atoms with Gasteiger partial charge in [-0.05, 0) is 61.8 Å². The van der Waals surface area contributed by atoms with E-state index in [0.29, 0.717) is 10.9 Å². The fraction of sp³-hybridized carbons (Fsp3) is 0.222. The molecule has 1 aliphatic rings. The van der Waals surface area contributed by atoms with Crippen molar-refractivity contribution in [3.05, 3.63) is 59.6 Å². The van der Waals surface area contributed by atoms with E-state index < -0.39 is 0 Å². The Balaban J connectivity index is 1.65. The predicted octanol–water partition coefficient (Wildman–Crippen LogP) is 3.46. The molecule has 1 aromatic carbocycles. The van der Waals surface area contributed by atoms with Crippen molar-refractivity contribution in [1.82, 2.24) is 5.32 Å². The number of nitrogens with one attached hydrogen (secondary N) is 1. The summed E-state index contributed by atoms with van der Waals surface area (Å²) in [6.07, 6.45) is 5.13. The fourth-order valence-electron chi connectivity index (χ4n) is 2.66. The van der Waals surface area contributed by atoms with Crippen LogP contribution in [0.5, 0.6) is 0 Å². The van der Waals surface area contributed by atoms with Gasteiger partial charge < -0.3 is 9.32 Å². The van der Waals surface area contributed by atoms with E-state index >= 15 is 0 Å². The first-order valence-electron chi connectivity index (χ1n) is 7.58. The zero-order valence-electron chi connectivity index (χ0n) is 12.9. The van der Waals surface area contributed by atoms with Crippen molar-refractivity contribution in [1.29, 1.82) is 0 Å². The normalized spacial score (nSPS) is 13.9. The topological polar surface area (TPSA) is 45.5 Å². The lowest BCUT2D eigenvalue weighted by atomic mass is 10.0. The third-order valence-electron chi connectivity index (χ3n) is 3.75. The minimum atomic E-state index is -0.257. The molecule has 0 unspecified atom stereocenters. The number of thiocarbonyl (C=S) groups is 1. The highest BCUT2D eigenvalue weighted by Gasteiger charge is 2.20. The van der Waals surface area contributed by atoms with Crippen LogP contribution in [0, 0.1) is 6.92 Å². The third kappa shape index (κ3) is 3.68. The molecule has 118 valence electrons. The summed E-state index contributed by atoms with van der Waals surface area (Å²) in [5.41, 5.74) is 2.34. The van der Waals surface area contributed by atoms with Gasteiger partial charge in [0.15, 0.2) is 5.11 Å². The maximum absolute atomic E-state index is 12.0. The van der Waals surface area contributed by atoms with Crippen LogP contribution in [-0.2, 0) is 11.2 Å². The van der Waals surface area contributed by atoms with Crippen LogP contribution in [0.15, 0.2) is 46.9 Å². The van der Waals surface area contributed by atoms with Crippen LogP contribution in [-0.4, -0.2) is 17.6 Å². The molecule has 1 N–H and O–H groups in total. The molecule has 2 aromatic rings. The summed E-state index contributed by atoms with van der Waals surface area (Å²) in [6.45, 7) is 2.68. The number of fused-ring (bicyclic) bond motifs is 1. The Morgan fingerprint density at radius 3 is 2.91 bits per heavy atom. The van der Waals surface area contributed by atoms with Gasteiger partial charge in [0.25, 0.3) is 0 Å². The second-order valence-corrected chi connectivity index (χ2v) is 5.85. The van der Waals surface area contributed by atoms with E-state index in [0.717, 1.165) is 30.8 Å². The lowest BCUT2D eigenvalue weighted by Gasteiger charge is -2.31. The Labute approximate surface area is 140 Å². The fourth-order valence-corrected chi connectivity index (χ4v) is 2.95. The van der Waals surface area contributed by atoms with Crippen molar-refractivity contribution in [2.45, 2.75) is 19.8 Å². The van der Waals surface area contributed by atoms with Crippen LogP contribution in [0.4, 0.5) is 5.69 Å². The molecule has 2 heterocycles. The minimum Gasteiger partial charge on any atom is -0.462 e. The first-order chi connectivity index (χ1) is 11.1. The van der Waals surface area contributed by atoms with Gasteiger partial charge in [-0.15, -0.1) is 0 Å². The number of nitrogens with zero attached hydrogens (tertiary/aromatic N) is 1. The molecule has 1 aromatic heterocycles. The Morgan fingerprint density at radius 2 is 2.13 bits per heavy atom. The van der Waals surface area contributed by atoms with Crippen LogP contribution >= 0.6 is 12.2 Å². The number of anilines is 1. The van der Waals surface area contributed by atoms with E-state index in [4.69, 9.17) is 16.6 Å². The Morgan fingerprint density at radius 1 is 1.30 bits per heavy atom. The number of rotatable bonds is 2. The molecule has 0 bridgehead atoms. The van der Waals surface area contributed by atoms with Crippen LogP contribution in [0.3, 0.4) is 0 Å². The molecule has 0 saturated carbocycles. The van der Waals surface area contributed by atoms with Gasteiger partial charge in [-0.2, -0.15) is 0 Å². The number of benzene rings is 1. The number of amides is 1. The monoisotopic (exact) mass is 326 g/mol. The van der Waals surface area contributed by atoms with Gasteiger partial charge in [-0.1, -0.05) is 18.2 Å². The number of furan rings is 1. The van der Waals surface area contributed by atoms with Gasteiger partial charge >= 0.3 is 0 Å². The van der Waals surface area contributed by atoms with Crippen LogP contribution in [0.2, 0.25) is 0 Å². The Bertz CT molecular complexity index is 764. The molecule has 1 amide bonds. The highest BCUT2D eigenvalue weighted by atomic mass is 32.1. The molecule has 0 radical (unpaired) electrons. The van der Waals surface area contributed by atoms with Gasteiger partial charge in [0.05, 0.1) is 0 Å². The number of para-hydroxylation sites is 1. The number of aryl methyl sites for hydroxylation is 2. The van der Waals surface area contributed by atoms with Crippen molar-refractivity contribution in [3.8, 4) is 0 Å². The summed E-state index contributed by atoms with van der Waals surface area (Å²) in [5.74, 6) is 1.20. The van der Waals surface area contributed by atoms with Gasteiger partial charge in [0.1, 0.15) is 11.5 Å². The third-order valence-corrected chi connectivity index (χ3v) is 4.07. The SMILES string of the molecule is Cc1ccc(/C=C/C(=O)NC(=S)N2CCCc3ccccc32)o1. The number of carbonyl (C=O) groups excluding carboxylic acids is 1. The standard InChI is InChI=1S/C18H18N2O2S/c1-13-8-9-15(22-13)10-11-17(21)19-18(23)20-12-4-6-14-5-2-3-7-16(14)20/h2-3,5,7-11H,4,6,12H2,1H3,(H,19,21,23)/b11-10+. The van der Waals surface area contributed by atoms with E-state index in [1.165, 1.54) is 11.6 Å². The molecular formula is C18H18N2O2S. The van der Waals surface area contributed by atoms with E-state index in [1.54, 1.807) is 6.08 Å². The Kier molecular flexibility index (Phi) is 4.57. The molecule has 0 spiro atoms. The van der Waals surface area contributed by atoms with Gasteiger partial charge in [0.2, 0.25) is 5.91 Å². The largest absolute Gasteiger partial charge is 0.462 e. The molecular weight excluding hydrogens is 308 g/mol. The smallest absolute Gasteiger partial charge is 0.250 e. The molecule has 4 nitrogen and oxygen atoms in total. The summed E-state index contributed by atoms with van der Waals surface area (Å²) in [6, 6.07) is 11.8. The average molecular weight is 326 g/mol. The van der Waals surface area contributed by atoms with Crippen molar-refractivity contribution in [2.24, 2.45) is 0 Å². The van der Waals surface area contributed by atoms with E-state index in [2.05, 4.69) is 11.4 Å². The van der Waals surface area contributed by atoms with Crippen molar-refractivity contribution < 1.29 is 9.21 Å². The first kappa shape index (κ1) is 15.5. The summed E-state index contributed by atoms with van der Waals surface area (Å²) < 4.78 is 5.39. The quantitative estimate of drug-likeness (QED) is 0.678. The predicted molar refractivity (Wildman–Crippen MR) is 95.3 cm³/mol. The van der Waals surface area contributed by atoms with Gasteiger partial charge in [0, 0.05) is 18.3 Å². The minimum absolute atomic E-state index is 0.257. The van der Waals surface area contributed by atoms with Crippen LogP contribution < -0.4 is 10.2 Å². The van der Waals surface area contributed by atoms with Gasteiger partial charge in [-0.25, -0.2) is 0 Å². The lowest BCUT2D eigenvalue weighted by Crippen LogP contribution is -2.44. The maximum Gasteiger partial charge on any atom is 0.250 e. The van der Waals surface area contributed by atoms with Crippen molar-refractivity contribution in [3.63, 3.8) is 0 Å². The molecule has 0 fully saturated rings. The summed E-state index contributed by atoms with van der Waals surface area (Å²) in [5, 5.41) is 3.19. The second kappa shape index (κ2) is 6.79. The Hall–Kier alpha value is -2.40. The van der Waals surface area contributed by atoms with Crippen molar-refractivity contribution in [2.75, 3.05) is 11.4 Å². The van der Waals surface area contributed by atoms with Crippen molar-refractivity contribution >= 4 is 35.0 Å². The first-order valence-corrected chi connectivity index (χ1v) is 7.99. The number of carbonyl (C=O) groups is 1. The average Bonchev–Trinajstić information content (AvgIpc) is 2.98. The summed E-state index contributed by atoms with van der Waals surface area (Å²) in [7, 11) is 0. The molecule has 0 atom stereocenters.